The van der Waals surface area contributed by atoms with Crippen molar-refractivity contribution in [3.63, 3.8) is 0 Å². The molecule has 4 nitrogen and oxygen atoms in total. The maximum absolute atomic E-state index is 13.9. The van der Waals surface area contributed by atoms with E-state index in [-0.39, 0.29) is 5.91 Å². The first kappa shape index (κ1) is 18.1. The van der Waals surface area contributed by atoms with Gasteiger partial charge in [-0.1, -0.05) is 18.2 Å². The number of aromatic nitrogens is 2. The SMILES string of the molecule is Cc1cc(C2(c3cc(C)n(C4CC4)c3C)C(=O)Nc3ccccc32)c(C)n1C1CC1. The third-order valence-corrected chi connectivity index (χ3v) is 7.52. The third kappa shape index (κ3) is 2.19. The molecule has 1 amide bonds. The van der Waals surface area contributed by atoms with E-state index in [0.29, 0.717) is 12.1 Å². The lowest BCUT2D eigenvalue weighted by Crippen LogP contribution is -2.38. The quantitative estimate of drug-likeness (QED) is 0.620. The molecule has 3 heterocycles. The van der Waals surface area contributed by atoms with Gasteiger partial charge in [-0.3, -0.25) is 4.79 Å². The summed E-state index contributed by atoms with van der Waals surface area (Å²) in [5.74, 6) is 0.0794. The highest BCUT2D eigenvalue weighted by molar-refractivity contribution is 6.11. The van der Waals surface area contributed by atoms with E-state index in [0.717, 1.165) is 22.4 Å². The molecule has 0 atom stereocenters. The molecule has 1 N–H and O–H groups in total. The Bertz CT molecular complexity index is 1140. The number of hydrogen-bond donors (Lipinski definition) is 1. The molecule has 30 heavy (non-hydrogen) atoms. The van der Waals surface area contributed by atoms with E-state index >= 15 is 0 Å². The molecule has 1 aromatic carbocycles. The van der Waals surface area contributed by atoms with E-state index in [9.17, 15) is 4.79 Å². The largest absolute Gasteiger partial charge is 0.346 e. The molecule has 2 saturated carbocycles. The van der Waals surface area contributed by atoms with Crippen LogP contribution in [0.1, 0.15) is 77.2 Å². The first-order valence-corrected chi connectivity index (χ1v) is 11.2. The Morgan fingerprint density at radius 3 is 1.80 bits per heavy atom. The van der Waals surface area contributed by atoms with Gasteiger partial charge in [0.05, 0.1) is 0 Å². The summed E-state index contributed by atoms with van der Waals surface area (Å²) in [4.78, 5) is 13.9. The van der Waals surface area contributed by atoms with E-state index in [1.54, 1.807) is 0 Å². The van der Waals surface area contributed by atoms with Gasteiger partial charge in [-0.15, -0.1) is 0 Å². The predicted molar refractivity (Wildman–Crippen MR) is 119 cm³/mol. The molecule has 0 unspecified atom stereocenters. The molecular weight excluding hydrogens is 370 g/mol. The van der Waals surface area contributed by atoms with E-state index in [1.807, 2.05) is 12.1 Å². The number of hydrogen-bond acceptors (Lipinski definition) is 1. The topological polar surface area (TPSA) is 39.0 Å². The van der Waals surface area contributed by atoms with E-state index in [2.05, 4.69) is 66.4 Å². The second-order valence-corrected chi connectivity index (χ2v) is 9.52. The summed E-state index contributed by atoms with van der Waals surface area (Å²) >= 11 is 0. The number of para-hydroxylation sites is 1. The zero-order valence-corrected chi connectivity index (χ0v) is 18.2. The van der Waals surface area contributed by atoms with Crippen molar-refractivity contribution in [2.75, 3.05) is 5.32 Å². The highest BCUT2D eigenvalue weighted by Crippen LogP contribution is 2.53. The van der Waals surface area contributed by atoms with Crippen LogP contribution in [0.25, 0.3) is 0 Å². The minimum absolute atomic E-state index is 0.0794. The number of benzene rings is 1. The normalized spacial score (nSPS) is 19.8. The first-order valence-electron chi connectivity index (χ1n) is 11.2. The number of nitrogens with zero attached hydrogens (tertiary/aromatic N) is 2. The molecular formula is C26H29N3O. The molecule has 4 heteroatoms. The molecule has 154 valence electrons. The molecule has 6 rings (SSSR count). The number of anilines is 1. The summed E-state index contributed by atoms with van der Waals surface area (Å²) in [5.41, 5.74) is 8.51. The highest BCUT2D eigenvalue weighted by Gasteiger charge is 2.53. The summed E-state index contributed by atoms with van der Waals surface area (Å²) < 4.78 is 4.93. The van der Waals surface area contributed by atoms with E-state index in [4.69, 9.17) is 0 Å². The fourth-order valence-corrected chi connectivity index (χ4v) is 6.04. The van der Waals surface area contributed by atoms with Crippen LogP contribution >= 0.6 is 0 Å². The Hall–Kier alpha value is -2.75. The molecule has 0 saturated heterocycles. The van der Waals surface area contributed by atoms with Crippen molar-refractivity contribution in [3.8, 4) is 0 Å². The Balaban J connectivity index is 1.69. The third-order valence-electron chi connectivity index (χ3n) is 7.52. The summed E-state index contributed by atoms with van der Waals surface area (Å²) in [6.45, 7) is 8.79. The van der Waals surface area contributed by atoms with Gasteiger partial charge >= 0.3 is 0 Å². The first-order chi connectivity index (χ1) is 14.4. The molecule has 0 radical (unpaired) electrons. The average molecular weight is 400 g/mol. The number of amides is 1. The van der Waals surface area contributed by atoms with Crippen molar-refractivity contribution in [1.29, 1.82) is 0 Å². The lowest BCUT2D eigenvalue weighted by molar-refractivity contribution is -0.118. The van der Waals surface area contributed by atoms with Crippen molar-refractivity contribution in [2.45, 2.75) is 70.9 Å². The van der Waals surface area contributed by atoms with Crippen LogP contribution in [0.4, 0.5) is 5.69 Å². The van der Waals surface area contributed by atoms with Gasteiger partial charge in [-0.25, -0.2) is 0 Å². The van der Waals surface area contributed by atoms with Crippen molar-refractivity contribution >= 4 is 11.6 Å². The zero-order chi connectivity index (χ0) is 20.8. The van der Waals surface area contributed by atoms with Crippen LogP contribution in [0.15, 0.2) is 36.4 Å². The maximum Gasteiger partial charge on any atom is 0.244 e. The van der Waals surface area contributed by atoms with E-state index in [1.165, 1.54) is 48.5 Å². The molecule has 2 aromatic heterocycles. The number of carbonyl (C=O) groups is 1. The second-order valence-electron chi connectivity index (χ2n) is 9.52. The molecule has 3 aliphatic rings. The van der Waals surface area contributed by atoms with Crippen molar-refractivity contribution in [1.82, 2.24) is 9.13 Å². The lowest BCUT2D eigenvalue weighted by atomic mass is 9.70. The van der Waals surface area contributed by atoms with Crippen LogP contribution < -0.4 is 5.32 Å². The van der Waals surface area contributed by atoms with E-state index < -0.39 is 5.41 Å². The molecule has 0 spiro atoms. The number of rotatable bonds is 4. The molecule has 2 fully saturated rings. The average Bonchev–Trinajstić information content (AvgIpc) is 3.63. The standard InChI is InChI=1S/C26H29N3O/c1-15-13-22(17(3)28(15)19-9-10-19)26(21-7-5-6-8-24(21)27-25(26)30)23-14-16(2)29(18(23)4)20-11-12-20/h5-8,13-14,19-20H,9-12H2,1-4H3,(H,27,30). The summed E-state index contributed by atoms with van der Waals surface area (Å²) in [6, 6.07) is 14.0. The summed E-state index contributed by atoms with van der Waals surface area (Å²) in [5, 5.41) is 3.23. The Kier molecular flexibility index (Phi) is 3.55. The van der Waals surface area contributed by atoms with Gasteiger partial charge in [0.2, 0.25) is 5.91 Å². The minimum atomic E-state index is -0.791. The Morgan fingerprint density at radius 2 is 1.30 bits per heavy atom. The molecule has 2 aliphatic carbocycles. The predicted octanol–water partition coefficient (Wildman–Crippen LogP) is 5.48. The van der Waals surface area contributed by atoms with Crippen LogP contribution in [0, 0.1) is 27.7 Å². The fourth-order valence-electron chi connectivity index (χ4n) is 6.04. The summed E-state index contributed by atoms with van der Waals surface area (Å²) in [7, 11) is 0. The van der Waals surface area contributed by atoms with Gasteiger partial charge in [-0.05, 0) is 82.7 Å². The number of fused-ring (bicyclic) bond motifs is 1. The lowest BCUT2D eigenvalue weighted by Gasteiger charge is -2.29. The van der Waals surface area contributed by atoms with Crippen molar-refractivity contribution in [2.24, 2.45) is 0 Å². The van der Waals surface area contributed by atoms with Crippen LogP contribution in [-0.4, -0.2) is 15.0 Å². The monoisotopic (exact) mass is 399 g/mol. The molecule has 0 bridgehead atoms. The summed E-state index contributed by atoms with van der Waals surface area (Å²) in [6.07, 6.45) is 4.95. The van der Waals surface area contributed by atoms with Crippen LogP contribution in [0.5, 0.6) is 0 Å². The maximum atomic E-state index is 13.9. The number of nitrogens with one attached hydrogen (secondary N) is 1. The fraction of sp³-hybridized carbons (Fsp3) is 0.423. The zero-order valence-electron chi connectivity index (χ0n) is 18.2. The molecule has 1 aliphatic heterocycles. The number of carbonyl (C=O) groups excluding carboxylic acids is 1. The minimum Gasteiger partial charge on any atom is -0.346 e. The van der Waals surface area contributed by atoms with Gasteiger partial charge in [0.15, 0.2) is 0 Å². The Morgan fingerprint density at radius 1 is 0.800 bits per heavy atom. The van der Waals surface area contributed by atoms with Gasteiger partial charge in [0.1, 0.15) is 5.41 Å². The Labute approximate surface area is 177 Å². The molecule has 3 aromatic rings. The van der Waals surface area contributed by atoms with Crippen LogP contribution in [0.3, 0.4) is 0 Å². The van der Waals surface area contributed by atoms with Crippen molar-refractivity contribution in [3.05, 3.63) is 75.9 Å². The van der Waals surface area contributed by atoms with Gasteiger partial charge < -0.3 is 14.5 Å². The second kappa shape index (κ2) is 5.90. The van der Waals surface area contributed by atoms with Crippen molar-refractivity contribution < 1.29 is 4.79 Å². The van der Waals surface area contributed by atoms with Crippen LogP contribution in [0.2, 0.25) is 0 Å². The number of aryl methyl sites for hydroxylation is 2. The van der Waals surface area contributed by atoms with Crippen LogP contribution in [-0.2, 0) is 10.2 Å². The van der Waals surface area contributed by atoms with Gasteiger partial charge in [0, 0.05) is 46.1 Å². The van der Waals surface area contributed by atoms with Gasteiger partial charge in [-0.2, -0.15) is 0 Å². The highest BCUT2D eigenvalue weighted by atomic mass is 16.2. The smallest absolute Gasteiger partial charge is 0.244 e. The van der Waals surface area contributed by atoms with Gasteiger partial charge in [0.25, 0.3) is 0 Å².